The molecule has 1 atom stereocenters. The fourth-order valence-electron chi connectivity index (χ4n) is 2.43. The van der Waals surface area contributed by atoms with Gasteiger partial charge in [-0.3, -0.25) is 0 Å². The van der Waals surface area contributed by atoms with E-state index in [0.717, 1.165) is 43.4 Å². The largest absolute Gasteiger partial charge is 0.310 e. The lowest BCUT2D eigenvalue weighted by Gasteiger charge is -2.20. The summed E-state index contributed by atoms with van der Waals surface area (Å²) in [6.07, 6.45) is 8.60. The molecule has 1 aromatic carbocycles. The molecule has 1 nitrogen and oxygen atoms in total. The molecule has 1 unspecified atom stereocenters. The van der Waals surface area contributed by atoms with E-state index in [1.54, 1.807) is 6.07 Å². The van der Waals surface area contributed by atoms with Crippen molar-refractivity contribution < 1.29 is 4.39 Å². The third kappa shape index (κ3) is 5.87. The van der Waals surface area contributed by atoms with Crippen LogP contribution in [-0.4, -0.2) is 6.54 Å². The van der Waals surface area contributed by atoms with E-state index < -0.39 is 0 Å². The summed E-state index contributed by atoms with van der Waals surface area (Å²) in [5.74, 6) is -0.0877. The van der Waals surface area contributed by atoms with Crippen LogP contribution in [0.4, 0.5) is 4.39 Å². The Morgan fingerprint density at radius 3 is 2.80 bits per heavy atom. The fourth-order valence-corrected chi connectivity index (χ4v) is 2.43. The third-order valence-corrected chi connectivity index (χ3v) is 3.57. The van der Waals surface area contributed by atoms with E-state index in [4.69, 9.17) is 0 Å². The number of hydrogen-bond donors (Lipinski definition) is 1. The van der Waals surface area contributed by atoms with Crippen molar-refractivity contribution in [2.45, 2.75) is 58.4 Å². The average Bonchev–Trinajstić information content (AvgIpc) is 2.45. The minimum absolute atomic E-state index is 0.0877. The summed E-state index contributed by atoms with van der Waals surface area (Å²) in [7, 11) is 0. The van der Waals surface area contributed by atoms with E-state index >= 15 is 0 Å². The smallest absolute Gasteiger partial charge is 0.127 e. The Morgan fingerprint density at radius 1 is 1.30 bits per heavy atom. The van der Waals surface area contributed by atoms with Gasteiger partial charge in [0.1, 0.15) is 5.82 Å². The van der Waals surface area contributed by atoms with Gasteiger partial charge in [0.2, 0.25) is 0 Å². The lowest BCUT2D eigenvalue weighted by atomic mass is 9.97. The van der Waals surface area contributed by atoms with Crippen LogP contribution in [0.2, 0.25) is 0 Å². The molecule has 20 heavy (non-hydrogen) atoms. The van der Waals surface area contributed by atoms with Crippen LogP contribution < -0.4 is 5.32 Å². The second-order valence-corrected chi connectivity index (χ2v) is 5.46. The first-order valence-corrected chi connectivity index (χ1v) is 7.79. The molecule has 0 aromatic heterocycles. The number of allylic oxidation sites excluding steroid dienone is 1. The maximum Gasteiger partial charge on any atom is 0.127 e. The molecule has 0 bridgehead atoms. The fraction of sp³-hybridized carbons (Fsp3) is 0.556. The van der Waals surface area contributed by atoms with E-state index in [2.05, 4.69) is 18.8 Å². The van der Waals surface area contributed by atoms with Gasteiger partial charge in [-0.25, -0.2) is 4.39 Å². The third-order valence-electron chi connectivity index (χ3n) is 3.57. The monoisotopic (exact) mass is 277 g/mol. The van der Waals surface area contributed by atoms with Crippen LogP contribution in [0.3, 0.4) is 0 Å². The van der Waals surface area contributed by atoms with Gasteiger partial charge in [-0.2, -0.15) is 0 Å². The van der Waals surface area contributed by atoms with Gasteiger partial charge in [0, 0.05) is 11.6 Å². The van der Waals surface area contributed by atoms with Gasteiger partial charge in [0.25, 0.3) is 0 Å². The van der Waals surface area contributed by atoms with Crippen LogP contribution in [0.5, 0.6) is 0 Å². The minimum Gasteiger partial charge on any atom is -0.310 e. The average molecular weight is 277 g/mol. The second-order valence-electron chi connectivity index (χ2n) is 5.46. The molecule has 0 aliphatic heterocycles. The molecule has 112 valence electrons. The Balaban J connectivity index is 2.62. The molecule has 0 amide bonds. The molecule has 0 spiro atoms. The first-order chi connectivity index (χ1) is 9.69. The zero-order chi connectivity index (χ0) is 14.8. The van der Waals surface area contributed by atoms with Crippen LogP contribution in [0.15, 0.2) is 30.9 Å². The van der Waals surface area contributed by atoms with Crippen molar-refractivity contribution >= 4 is 0 Å². The Morgan fingerprint density at radius 2 is 2.10 bits per heavy atom. The second kappa shape index (κ2) is 9.71. The first kappa shape index (κ1) is 16.9. The summed E-state index contributed by atoms with van der Waals surface area (Å²) in [6.45, 7) is 8.83. The van der Waals surface area contributed by atoms with E-state index in [1.165, 1.54) is 12.8 Å². The molecule has 0 radical (unpaired) electrons. The van der Waals surface area contributed by atoms with Crippen LogP contribution in [-0.2, 0) is 0 Å². The van der Waals surface area contributed by atoms with Crippen LogP contribution in [0.1, 0.15) is 62.6 Å². The number of rotatable bonds is 10. The predicted octanol–water partition coefficient (Wildman–Crippen LogP) is 5.31. The van der Waals surface area contributed by atoms with E-state index in [-0.39, 0.29) is 11.9 Å². The van der Waals surface area contributed by atoms with Crippen molar-refractivity contribution in [3.05, 3.63) is 47.8 Å². The van der Waals surface area contributed by atoms with E-state index in [1.807, 2.05) is 25.1 Å². The Bertz CT molecular complexity index is 400. The molecule has 1 rings (SSSR count). The van der Waals surface area contributed by atoms with Gasteiger partial charge >= 0.3 is 0 Å². The van der Waals surface area contributed by atoms with E-state index in [9.17, 15) is 4.39 Å². The maximum absolute atomic E-state index is 14.0. The van der Waals surface area contributed by atoms with Crippen molar-refractivity contribution in [2.24, 2.45) is 0 Å². The van der Waals surface area contributed by atoms with Crippen molar-refractivity contribution in [3.8, 4) is 0 Å². The molecule has 1 aromatic rings. The summed E-state index contributed by atoms with van der Waals surface area (Å²) < 4.78 is 14.0. The summed E-state index contributed by atoms with van der Waals surface area (Å²) in [5, 5.41) is 3.48. The van der Waals surface area contributed by atoms with Gasteiger partial charge in [0.05, 0.1) is 0 Å². The van der Waals surface area contributed by atoms with Crippen molar-refractivity contribution in [3.63, 3.8) is 0 Å². The molecule has 0 saturated heterocycles. The number of nitrogens with one attached hydrogen (secondary N) is 1. The van der Waals surface area contributed by atoms with Gasteiger partial charge in [-0.05, 0) is 45.2 Å². The number of halogens is 1. The summed E-state index contributed by atoms with van der Waals surface area (Å²) in [4.78, 5) is 0. The molecule has 0 aliphatic carbocycles. The van der Waals surface area contributed by atoms with Gasteiger partial charge in [-0.1, -0.05) is 43.5 Å². The van der Waals surface area contributed by atoms with Gasteiger partial charge < -0.3 is 5.32 Å². The maximum atomic E-state index is 14.0. The topological polar surface area (TPSA) is 12.0 Å². The molecule has 0 saturated carbocycles. The molecular formula is C18H28FN. The first-order valence-electron chi connectivity index (χ1n) is 7.79. The Kier molecular flexibility index (Phi) is 8.20. The molecule has 0 heterocycles. The molecule has 0 fully saturated rings. The minimum atomic E-state index is -0.0877. The Hall–Kier alpha value is -1.15. The van der Waals surface area contributed by atoms with Crippen LogP contribution >= 0.6 is 0 Å². The van der Waals surface area contributed by atoms with E-state index in [0.29, 0.717) is 0 Å². The molecular weight excluding hydrogens is 249 g/mol. The standard InChI is InChI=1S/C18H28FN/c1-4-6-7-8-9-10-18(20-13-5-2)16-14-15(3)11-12-17(16)19/h4,11-12,14,18,20H,1,5-10,13H2,2-3H3. The SMILES string of the molecule is C=CCCCCCC(NCCC)c1cc(C)ccc1F. The lowest BCUT2D eigenvalue weighted by molar-refractivity contribution is 0.452. The van der Waals surface area contributed by atoms with Crippen molar-refractivity contribution in [2.75, 3.05) is 6.54 Å². The molecule has 2 heteroatoms. The summed E-state index contributed by atoms with van der Waals surface area (Å²) >= 11 is 0. The number of hydrogen-bond acceptors (Lipinski definition) is 1. The number of aryl methyl sites for hydroxylation is 1. The normalized spacial score (nSPS) is 12.3. The highest BCUT2D eigenvalue weighted by Gasteiger charge is 2.14. The predicted molar refractivity (Wildman–Crippen MR) is 85.5 cm³/mol. The van der Waals surface area contributed by atoms with Gasteiger partial charge in [0.15, 0.2) is 0 Å². The van der Waals surface area contributed by atoms with Crippen LogP contribution in [0.25, 0.3) is 0 Å². The number of unbranched alkanes of at least 4 members (excludes halogenated alkanes) is 3. The number of benzene rings is 1. The zero-order valence-corrected chi connectivity index (χ0v) is 12.9. The van der Waals surface area contributed by atoms with Crippen LogP contribution in [0, 0.1) is 12.7 Å². The molecule has 1 N–H and O–H groups in total. The Labute approximate surface area is 123 Å². The van der Waals surface area contributed by atoms with Crippen molar-refractivity contribution in [1.29, 1.82) is 0 Å². The van der Waals surface area contributed by atoms with Gasteiger partial charge in [-0.15, -0.1) is 6.58 Å². The molecule has 0 aliphatic rings. The summed E-state index contributed by atoms with van der Waals surface area (Å²) in [6, 6.07) is 5.54. The quantitative estimate of drug-likeness (QED) is 0.451. The highest BCUT2D eigenvalue weighted by atomic mass is 19.1. The lowest BCUT2D eigenvalue weighted by Crippen LogP contribution is -2.23. The highest BCUT2D eigenvalue weighted by Crippen LogP contribution is 2.24. The van der Waals surface area contributed by atoms with Crippen molar-refractivity contribution in [1.82, 2.24) is 5.32 Å². The summed E-state index contributed by atoms with van der Waals surface area (Å²) in [5.41, 5.74) is 1.94. The highest BCUT2D eigenvalue weighted by molar-refractivity contribution is 5.26. The zero-order valence-electron chi connectivity index (χ0n) is 12.9.